The number of nitrogens with one attached hydrogen (secondary N) is 1. The lowest BCUT2D eigenvalue weighted by Crippen LogP contribution is -2.10. The SMILES string of the molecule is Cc1ccc(S(C)(=O)=O)cc1NC(=O)/C=C/c1ccc(F)cc1. The lowest BCUT2D eigenvalue weighted by Gasteiger charge is -2.08. The maximum absolute atomic E-state index is 12.8. The number of carbonyl (C=O) groups excluding carboxylic acids is 1. The van der Waals surface area contributed by atoms with Gasteiger partial charge >= 0.3 is 0 Å². The Morgan fingerprint density at radius 3 is 2.39 bits per heavy atom. The maximum atomic E-state index is 12.8. The van der Waals surface area contributed by atoms with Crippen molar-refractivity contribution in [2.75, 3.05) is 11.6 Å². The number of anilines is 1. The number of carbonyl (C=O) groups is 1. The van der Waals surface area contributed by atoms with Crippen LogP contribution < -0.4 is 5.32 Å². The molecule has 0 aromatic heterocycles. The van der Waals surface area contributed by atoms with Gasteiger partial charge < -0.3 is 5.32 Å². The van der Waals surface area contributed by atoms with Crippen LogP contribution in [0.1, 0.15) is 11.1 Å². The number of benzene rings is 2. The lowest BCUT2D eigenvalue weighted by atomic mass is 10.2. The van der Waals surface area contributed by atoms with Crippen LogP contribution in [-0.2, 0) is 14.6 Å². The van der Waals surface area contributed by atoms with Crippen LogP contribution in [0.4, 0.5) is 10.1 Å². The summed E-state index contributed by atoms with van der Waals surface area (Å²) in [6.07, 6.45) is 3.96. The number of sulfone groups is 1. The fourth-order valence-electron chi connectivity index (χ4n) is 1.89. The molecule has 0 bridgehead atoms. The molecule has 0 aliphatic rings. The monoisotopic (exact) mass is 333 g/mol. The van der Waals surface area contributed by atoms with Gasteiger partial charge in [-0.3, -0.25) is 4.79 Å². The largest absolute Gasteiger partial charge is 0.322 e. The van der Waals surface area contributed by atoms with Gasteiger partial charge in [-0.2, -0.15) is 0 Å². The highest BCUT2D eigenvalue weighted by atomic mass is 32.2. The van der Waals surface area contributed by atoms with Crippen molar-refractivity contribution in [3.8, 4) is 0 Å². The molecular formula is C17H16FNO3S. The first-order valence-electron chi connectivity index (χ1n) is 6.81. The van der Waals surface area contributed by atoms with Crippen molar-refractivity contribution in [3.63, 3.8) is 0 Å². The van der Waals surface area contributed by atoms with Crippen molar-refractivity contribution < 1.29 is 17.6 Å². The van der Waals surface area contributed by atoms with E-state index < -0.39 is 15.7 Å². The zero-order chi connectivity index (χ0) is 17.0. The third-order valence-electron chi connectivity index (χ3n) is 3.19. The maximum Gasteiger partial charge on any atom is 0.248 e. The Bertz CT molecular complexity index is 856. The Hall–Kier alpha value is -2.47. The Morgan fingerprint density at radius 2 is 1.78 bits per heavy atom. The van der Waals surface area contributed by atoms with Gasteiger partial charge in [0, 0.05) is 18.0 Å². The molecule has 0 radical (unpaired) electrons. The van der Waals surface area contributed by atoms with Crippen LogP contribution in [0.3, 0.4) is 0 Å². The standard InChI is InChI=1S/C17H16FNO3S/c1-12-3-9-15(23(2,21)22)11-16(12)19-17(20)10-6-13-4-7-14(18)8-5-13/h3-11H,1-2H3,(H,19,20)/b10-6+. The number of aryl methyl sites for hydroxylation is 1. The molecule has 2 rings (SSSR count). The highest BCUT2D eigenvalue weighted by Crippen LogP contribution is 2.20. The van der Waals surface area contributed by atoms with E-state index >= 15 is 0 Å². The number of halogens is 1. The smallest absolute Gasteiger partial charge is 0.248 e. The van der Waals surface area contributed by atoms with E-state index in [0.717, 1.165) is 11.8 Å². The van der Waals surface area contributed by atoms with Crippen molar-refractivity contribution in [2.45, 2.75) is 11.8 Å². The number of hydrogen-bond donors (Lipinski definition) is 1. The molecule has 6 heteroatoms. The minimum atomic E-state index is -3.34. The Balaban J connectivity index is 2.15. The van der Waals surface area contributed by atoms with E-state index in [9.17, 15) is 17.6 Å². The molecule has 0 spiro atoms. The van der Waals surface area contributed by atoms with Gasteiger partial charge in [-0.15, -0.1) is 0 Å². The third kappa shape index (κ3) is 4.75. The van der Waals surface area contributed by atoms with Crippen molar-refractivity contribution in [1.29, 1.82) is 0 Å². The molecule has 1 N–H and O–H groups in total. The van der Waals surface area contributed by atoms with Crippen molar-refractivity contribution in [3.05, 3.63) is 65.5 Å². The van der Waals surface area contributed by atoms with Crippen molar-refractivity contribution >= 4 is 27.5 Å². The summed E-state index contributed by atoms with van der Waals surface area (Å²) in [5.74, 6) is -0.747. The highest BCUT2D eigenvalue weighted by molar-refractivity contribution is 7.90. The van der Waals surface area contributed by atoms with Crippen molar-refractivity contribution in [1.82, 2.24) is 0 Å². The summed E-state index contributed by atoms with van der Waals surface area (Å²) in [4.78, 5) is 12.1. The van der Waals surface area contributed by atoms with E-state index in [1.54, 1.807) is 31.2 Å². The first kappa shape index (κ1) is 16.9. The highest BCUT2D eigenvalue weighted by Gasteiger charge is 2.10. The Labute approximate surface area is 134 Å². The summed E-state index contributed by atoms with van der Waals surface area (Å²) in [5.41, 5.74) is 1.87. The van der Waals surface area contributed by atoms with Gasteiger partial charge in [0.2, 0.25) is 5.91 Å². The molecule has 2 aromatic carbocycles. The summed E-state index contributed by atoms with van der Waals surface area (Å²) in [6.45, 7) is 1.77. The molecule has 23 heavy (non-hydrogen) atoms. The van der Waals surface area contributed by atoms with Crippen LogP contribution in [0.15, 0.2) is 53.4 Å². The summed E-state index contributed by atoms with van der Waals surface area (Å²) in [7, 11) is -3.34. The molecule has 0 unspecified atom stereocenters. The van der Waals surface area contributed by atoms with Crippen LogP contribution >= 0.6 is 0 Å². The van der Waals surface area contributed by atoms with E-state index in [1.807, 2.05) is 0 Å². The normalized spacial score (nSPS) is 11.6. The fourth-order valence-corrected chi connectivity index (χ4v) is 2.53. The lowest BCUT2D eigenvalue weighted by molar-refractivity contribution is -0.111. The first-order valence-corrected chi connectivity index (χ1v) is 8.70. The van der Waals surface area contributed by atoms with E-state index in [0.29, 0.717) is 11.3 Å². The predicted octanol–water partition coefficient (Wildman–Crippen LogP) is 3.19. The molecule has 0 atom stereocenters. The van der Waals surface area contributed by atoms with E-state index in [4.69, 9.17) is 0 Å². The van der Waals surface area contributed by atoms with Gasteiger partial charge in [-0.25, -0.2) is 12.8 Å². The Morgan fingerprint density at radius 1 is 1.13 bits per heavy atom. The zero-order valence-corrected chi connectivity index (χ0v) is 13.5. The van der Waals surface area contributed by atoms with Crippen molar-refractivity contribution in [2.24, 2.45) is 0 Å². The van der Waals surface area contributed by atoms with E-state index in [1.165, 1.54) is 30.3 Å². The second-order valence-electron chi connectivity index (χ2n) is 5.12. The van der Waals surface area contributed by atoms with Gasteiger partial charge in [0.05, 0.1) is 4.90 Å². The van der Waals surface area contributed by atoms with Gasteiger partial charge in [-0.05, 0) is 48.4 Å². The van der Waals surface area contributed by atoms with Crippen LogP contribution in [-0.4, -0.2) is 20.6 Å². The predicted molar refractivity (Wildman–Crippen MR) is 88.4 cm³/mol. The second-order valence-corrected chi connectivity index (χ2v) is 7.14. The van der Waals surface area contributed by atoms with Gasteiger partial charge in [0.15, 0.2) is 9.84 Å². The molecule has 1 amide bonds. The number of amides is 1. The molecule has 0 saturated heterocycles. The van der Waals surface area contributed by atoms with Gasteiger partial charge in [0.25, 0.3) is 0 Å². The van der Waals surface area contributed by atoms with Crippen LogP contribution in [0.2, 0.25) is 0 Å². The molecule has 0 fully saturated rings. The van der Waals surface area contributed by atoms with Crippen LogP contribution in [0.25, 0.3) is 6.08 Å². The molecule has 4 nitrogen and oxygen atoms in total. The summed E-state index contributed by atoms with van der Waals surface area (Å²) >= 11 is 0. The molecule has 0 heterocycles. The minimum Gasteiger partial charge on any atom is -0.322 e. The number of rotatable bonds is 4. The molecule has 0 saturated carbocycles. The van der Waals surface area contributed by atoms with Crippen LogP contribution in [0.5, 0.6) is 0 Å². The quantitative estimate of drug-likeness (QED) is 0.874. The topological polar surface area (TPSA) is 63.2 Å². The fraction of sp³-hybridized carbons (Fsp3) is 0.118. The second kappa shape index (κ2) is 6.75. The average Bonchev–Trinajstić information content (AvgIpc) is 2.48. The Kier molecular flexibility index (Phi) is 4.95. The average molecular weight is 333 g/mol. The zero-order valence-electron chi connectivity index (χ0n) is 12.7. The van der Waals surface area contributed by atoms with Crippen LogP contribution in [0, 0.1) is 12.7 Å². The van der Waals surface area contributed by atoms with E-state index in [2.05, 4.69) is 5.32 Å². The molecule has 120 valence electrons. The summed E-state index contributed by atoms with van der Waals surface area (Å²) in [5, 5.41) is 2.64. The summed E-state index contributed by atoms with van der Waals surface area (Å²) in [6, 6.07) is 10.3. The first-order chi connectivity index (χ1) is 10.8. The molecular weight excluding hydrogens is 317 g/mol. The number of hydrogen-bond acceptors (Lipinski definition) is 3. The van der Waals surface area contributed by atoms with Gasteiger partial charge in [0.1, 0.15) is 5.82 Å². The summed E-state index contributed by atoms with van der Waals surface area (Å²) < 4.78 is 35.9. The third-order valence-corrected chi connectivity index (χ3v) is 4.30. The minimum absolute atomic E-state index is 0.140. The molecule has 2 aromatic rings. The van der Waals surface area contributed by atoms with E-state index in [-0.39, 0.29) is 10.7 Å². The molecule has 0 aliphatic carbocycles. The molecule has 0 aliphatic heterocycles. The van der Waals surface area contributed by atoms with Gasteiger partial charge in [-0.1, -0.05) is 18.2 Å².